The van der Waals surface area contributed by atoms with Crippen molar-refractivity contribution in [2.45, 2.75) is 18.2 Å². The van der Waals surface area contributed by atoms with Gasteiger partial charge in [0.25, 0.3) is 5.69 Å². The first-order chi connectivity index (χ1) is 6.50. The van der Waals surface area contributed by atoms with Crippen LogP contribution < -0.4 is 0 Å². The Bertz CT molecular complexity index is 355. The third-order valence-corrected chi connectivity index (χ3v) is 2.37. The first kappa shape index (κ1) is 11.5. The van der Waals surface area contributed by atoms with E-state index in [1.165, 1.54) is 6.07 Å². The van der Waals surface area contributed by atoms with Crippen LogP contribution in [0.15, 0.2) is 18.2 Å². The Morgan fingerprint density at radius 1 is 1.64 bits per heavy atom. The smallest absolute Gasteiger partial charge is 0.258 e. The molecule has 0 amide bonds. The third-order valence-electron chi connectivity index (χ3n) is 1.72. The molecule has 0 radical (unpaired) electrons. The topological polar surface area (TPSA) is 43.1 Å². The van der Waals surface area contributed by atoms with Gasteiger partial charge in [-0.05, 0) is 18.1 Å². The third kappa shape index (κ3) is 2.96. The summed E-state index contributed by atoms with van der Waals surface area (Å²) in [5.74, 6) is 0. The number of nitro benzene ring substituents is 1. The maximum Gasteiger partial charge on any atom is 0.288 e. The predicted molar refractivity (Wildman–Crippen MR) is 60.2 cm³/mol. The fraction of sp³-hybridized carbons (Fsp3) is 0.333. The highest BCUT2D eigenvalue weighted by Crippen LogP contribution is 2.26. The predicted octanol–water partition coefficient (Wildman–Crippen LogP) is 3.57. The number of nitrogens with zero attached hydrogens (tertiary/aromatic N) is 1. The van der Waals surface area contributed by atoms with Crippen molar-refractivity contribution in [2.75, 3.05) is 0 Å². The molecule has 0 aliphatic rings. The fourth-order valence-electron chi connectivity index (χ4n) is 1.15. The molecule has 0 N–H and O–H groups in total. The molecule has 0 bridgehead atoms. The van der Waals surface area contributed by atoms with Gasteiger partial charge in [0, 0.05) is 10.9 Å². The van der Waals surface area contributed by atoms with Crippen LogP contribution in [0.25, 0.3) is 0 Å². The first-order valence-corrected chi connectivity index (χ1v) is 5.37. The van der Waals surface area contributed by atoms with Gasteiger partial charge in [-0.25, -0.2) is 0 Å². The van der Waals surface area contributed by atoms with Gasteiger partial charge in [0.1, 0.15) is 5.02 Å². The summed E-state index contributed by atoms with van der Waals surface area (Å²) in [7, 11) is 0. The van der Waals surface area contributed by atoms with Crippen molar-refractivity contribution in [3.63, 3.8) is 0 Å². The summed E-state index contributed by atoms with van der Waals surface area (Å²) in [5, 5.41) is 10.8. The zero-order valence-corrected chi connectivity index (χ0v) is 9.88. The molecule has 1 aromatic carbocycles. The number of halogens is 2. The Morgan fingerprint density at radius 2 is 2.29 bits per heavy atom. The van der Waals surface area contributed by atoms with Gasteiger partial charge in [-0.2, -0.15) is 0 Å². The van der Waals surface area contributed by atoms with E-state index in [-0.39, 0.29) is 10.7 Å². The molecule has 1 unspecified atom stereocenters. The van der Waals surface area contributed by atoms with Crippen LogP contribution in [0.3, 0.4) is 0 Å². The zero-order chi connectivity index (χ0) is 10.7. The molecule has 76 valence electrons. The minimum Gasteiger partial charge on any atom is -0.258 e. The summed E-state index contributed by atoms with van der Waals surface area (Å²) in [6.07, 6.45) is 0.748. The van der Waals surface area contributed by atoms with Gasteiger partial charge in [-0.1, -0.05) is 40.5 Å². The molecule has 1 rings (SSSR count). The van der Waals surface area contributed by atoms with Gasteiger partial charge in [0.2, 0.25) is 0 Å². The van der Waals surface area contributed by atoms with Gasteiger partial charge < -0.3 is 0 Å². The Kier molecular flexibility index (Phi) is 3.89. The Hall–Kier alpha value is -0.610. The van der Waals surface area contributed by atoms with E-state index in [2.05, 4.69) is 15.9 Å². The van der Waals surface area contributed by atoms with Crippen molar-refractivity contribution in [3.05, 3.63) is 38.9 Å². The summed E-state index contributed by atoms with van der Waals surface area (Å²) in [5.41, 5.74) is 0.878. The summed E-state index contributed by atoms with van der Waals surface area (Å²) in [6, 6.07) is 4.87. The van der Waals surface area contributed by atoms with Crippen LogP contribution in [0.1, 0.15) is 12.5 Å². The number of nitro groups is 1. The lowest BCUT2D eigenvalue weighted by molar-refractivity contribution is -0.384. The van der Waals surface area contributed by atoms with Gasteiger partial charge in [-0.3, -0.25) is 10.1 Å². The quantitative estimate of drug-likeness (QED) is 0.482. The van der Waals surface area contributed by atoms with Crippen LogP contribution in [0, 0.1) is 10.1 Å². The molecule has 0 saturated heterocycles. The number of alkyl halides is 1. The molecule has 1 aromatic rings. The van der Waals surface area contributed by atoms with Crippen molar-refractivity contribution in [1.29, 1.82) is 0 Å². The van der Waals surface area contributed by atoms with E-state index in [0.29, 0.717) is 4.83 Å². The normalized spacial score (nSPS) is 12.5. The highest BCUT2D eigenvalue weighted by atomic mass is 79.9. The average Bonchev–Trinajstić information content (AvgIpc) is 2.07. The molecule has 3 nitrogen and oxygen atoms in total. The lowest BCUT2D eigenvalue weighted by Gasteiger charge is -2.03. The Labute approximate surface area is 95.4 Å². The SMILES string of the molecule is CC(Br)Cc1ccc(Cl)c([N+](=O)[O-])c1. The van der Waals surface area contributed by atoms with Crippen LogP contribution in [0.5, 0.6) is 0 Å². The standard InChI is InChI=1S/C9H9BrClNO2/c1-6(10)4-7-2-3-8(11)9(5-7)12(13)14/h2-3,5-6H,4H2,1H3. The van der Waals surface area contributed by atoms with E-state index in [1.807, 2.05) is 6.92 Å². The van der Waals surface area contributed by atoms with Crippen LogP contribution in [0.4, 0.5) is 5.69 Å². The van der Waals surface area contributed by atoms with Gasteiger partial charge >= 0.3 is 0 Å². The molecule has 0 aromatic heterocycles. The fourth-order valence-corrected chi connectivity index (χ4v) is 1.71. The maximum absolute atomic E-state index is 10.6. The summed E-state index contributed by atoms with van der Waals surface area (Å²) >= 11 is 9.06. The van der Waals surface area contributed by atoms with Crippen molar-refractivity contribution >= 4 is 33.2 Å². The summed E-state index contributed by atoms with van der Waals surface area (Å²) < 4.78 is 0. The molecular weight excluding hydrogens is 269 g/mol. The Balaban J connectivity index is 3.00. The van der Waals surface area contributed by atoms with Crippen LogP contribution in [0.2, 0.25) is 5.02 Å². The number of benzene rings is 1. The second-order valence-electron chi connectivity index (χ2n) is 3.03. The minimum atomic E-state index is -0.468. The molecular formula is C9H9BrClNO2. The van der Waals surface area contributed by atoms with Crippen LogP contribution >= 0.6 is 27.5 Å². The average molecular weight is 279 g/mol. The zero-order valence-electron chi connectivity index (χ0n) is 7.54. The lowest BCUT2D eigenvalue weighted by Crippen LogP contribution is -1.98. The van der Waals surface area contributed by atoms with Crippen molar-refractivity contribution in [3.8, 4) is 0 Å². The molecule has 5 heteroatoms. The monoisotopic (exact) mass is 277 g/mol. The second kappa shape index (κ2) is 4.75. The highest BCUT2D eigenvalue weighted by Gasteiger charge is 2.13. The van der Waals surface area contributed by atoms with Gasteiger partial charge in [0.05, 0.1) is 4.92 Å². The largest absolute Gasteiger partial charge is 0.288 e. The van der Waals surface area contributed by atoms with E-state index in [9.17, 15) is 10.1 Å². The molecule has 14 heavy (non-hydrogen) atoms. The summed E-state index contributed by atoms with van der Waals surface area (Å²) in [6.45, 7) is 1.99. The van der Waals surface area contributed by atoms with Crippen molar-refractivity contribution in [2.24, 2.45) is 0 Å². The first-order valence-electron chi connectivity index (χ1n) is 4.07. The second-order valence-corrected chi connectivity index (χ2v) is 5.00. The van der Waals surface area contributed by atoms with Crippen molar-refractivity contribution in [1.82, 2.24) is 0 Å². The summed E-state index contributed by atoms with van der Waals surface area (Å²) in [4.78, 5) is 10.4. The minimum absolute atomic E-state index is 0.0303. The van der Waals surface area contributed by atoms with Crippen molar-refractivity contribution < 1.29 is 4.92 Å². The molecule has 0 aliphatic heterocycles. The van der Waals surface area contributed by atoms with Crippen LogP contribution in [-0.4, -0.2) is 9.75 Å². The van der Waals surface area contributed by atoms with E-state index >= 15 is 0 Å². The van der Waals surface area contributed by atoms with E-state index in [4.69, 9.17) is 11.6 Å². The molecule has 0 heterocycles. The number of rotatable bonds is 3. The number of hydrogen-bond donors (Lipinski definition) is 0. The molecule has 0 aliphatic carbocycles. The Morgan fingerprint density at radius 3 is 2.79 bits per heavy atom. The lowest BCUT2D eigenvalue weighted by atomic mass is 10.1. The molecule has 0 saturated carbocycles. The highest BCUT2D eigenvalue weighted by molar-refractivity contribution is 9.09. The van der Waals surface area contributed by atoms with E-state index in [0.717, 1.165) is 12.0 Å². The molecule has 1 atom stereocenters. The van der Waals surface area contributed by atoms with Crippen LogP contribution in [-0.2, 0) is 6.42 Å². The molecule has 0 fully saturated rings. The molecule has 0 spiro atoms. The number of hydrogen-bond acceptors (Lipinski definition) is 2. The van der Waals surface area contributed by atoms with E-state index < -0.39 is 4.92 Å². The van der Waals surface area contributed by atoms with Gasteiger partial charge in [-0.15, -0.1) is 0 Å². The van der Waals surface area contributed by atoms with Gasteiger partial charge in [0.15, 0.2) is 0 Å². The maximum atomic E-state index is 10.6. The van der Waals surface area contributed by atoms with E-state index in [1.54, 1.807) is 12.1 Å².